The van der Waals surface area contributed by atoms with Gasteiger partial charge in [-0.25, -0.2) is 4.79 Å². The van der Waals surface area contributed by atoms with Crippen molar-refractivity contribution in [2.45, 2.75) is 187 Å². The lowest BCUT2D eigenvalue weighted by Crippen LogP contribution is -2.25. The molecule has 0 saturated carbocycles. The molecule has 0 amide bonds. The van der Waals surface area contributed by atoms with E-state index < -0.39 is 6.16 Å². The van der Waals surface area contributed by atoms with Crippen LogP contribution in [0.15, 0.2) is 0 Å². The Hall–Kier alpha value is -1.83. The Labute approximate surface area is 283 Å². The predicted molar refractivity (Wildman–Crippen MR) is 188 cm³/mol. The van der Waals surface area contributed by atoms with Crippen LogP contribution in [0.5, 0.6) is 0 Å². The fourth-order valence-electron chi connectivity index (χ4n) is 5.37. The zero-order valence-corrected chi connectivity index (χ0v) is 30.6. The first-order valence-electron chi connectivity index (χ1n) is 19.2. The molecule has 0 aromatic rings. The van der Waals surface area contributed by atoms with Crippen molar-refractivity contribution in [3.63, 3.8) is 0 Å². The van der Waals surface area contributed by atoms with Gasteiger partial charge in [0, 0.05) is 25.8 Å². The van der Waals surface area contributed by atoms with Crippen LogP contribution < -0.4 is 0 Å². The molecule has 0 saturated heterocycles. The molecule has 1 unspecified atom stereocenters. The lowest BCUT2D eigenvalue weighted by atomic mass is 10.0. The van der Waals surface area contributed by atoms with Crippen molar-refractivity contribution in [2.24, 2.45) is 0 Å². The van der Waals surface area contributed by atoms with Crippen LogP contribution in [-0.4, -0.2) is 69.6 Å². The Bertz CT molecular complexity index is 701. The van der Waals surface area contributed by atoms with Crippen LogP contribution in [0.25, 0.3) is 0 Å². The molecule has 0 aliphatic heterocycles. The maximum atomic E-state index is 12.3. The van der Waals surface area contributed by atoms with Gasteiger partial charge >= 0.3 is 18.1 Å². The third-order valence-corrected chi connectivity index (χ3v) is 8.38. The number of likely N-dealkylation sites (N-methyl/N-ethyl adjacent to an activating group) is 1. The van der Waals surface area contributed by atoms with E-state index in [0.717, 1.165) is 64.2 Å². The third kappa shape index (κ3) is 33.5. The van der Waals surface area contributed by atoms with Gasteiger partial charge in [-0.2, -0.15) is 0 Å². The van der Waals surface area contributed by atoms with Gasteiger partial charge in [0.1, 0.15) is 12.7 Å². The Balaban J connectivity index is 3.99. The van der Waals surface area contributed by atoms with Gasteiger partial charge in [-0.3, -0.25) is 9.59 Å². The summed E-state index contributed by atoms with van der Waals surface area (Å²) in [6, 6.07) is 0. The Morgan fingerprint density at radius 2 is 0.913 bits per heavy atom. The Kier molecular flexibility index (Phi) is 33.1. The first-order valence-corrected chi connectivity index (χ1v) is 19.2. The molecule has 0 N–H and O–H groups in total. The van der Waals surface area contributed by atoms with Gasteiger partial charge in [-0.1, -0.05) is 129 Å². The van der Waals surface area contributed by atoms with Crippen LogP contribution in [0.3, 0.4) is 0 Å². The monoisotopic (exact) mass is 656 g/mol. The number of rotatable bonds is 34. The molecular formula is C38H73NO7. The summed E-state index contributed by atoms with van der Waals surface area (Å²) < 4.78 is 21.6. The van der Waals surface area contributed by atoms with Gasteiger partial charge in [0.25, 0.3) is 0 Å². The zero-order chi connectivity index (χ0) is 33.9. The molecule has 0 spiro atoms. The van der Waals surface area contributed by atoms with Gasteiger partial charge in [0.05, 0.1) is 13.2 Å². The molecule has 0 bridgehead atoms. The van der Waals surface area contributed by atoms with Gasteiger partial charge in [-0.05, 0) is 46.2 Å². The van der Waals surface area contributed by atoms with Crippen molar-refractivity contribution >= 4 is 18.1 Å². The van der Waals surface area contributed by atoms with Crippen LogP contribution >= 0.6 is 0 Å². The van der Waals surface area contributed by atoms with Gasteiger partial charge in [-0.15, -0.1) is 0 Å². The highest BCUT2D eigenvalue weighted by atomic mass is 16.7. The summed E-state index contributed by atoms with van der Waals surface area (Å²) in [5, 5.41) is 0. The van der Waals surface area contributed by atoms with Gasteiger partial charge < -0.3 is 23.8 Å². The molecule has 8 nitrogen and oxygen atoms in total. The first-order chi connectivity index (χ1) is 22.4. The molecule has 0 aliphatic carbocycles. The van der Waals surface area contributed by atoms with E-state index in [1.165, 1.54) is 83.5 Å². The quantitative estimate of drug-likeness (QED) is 0.0384. The Morgan fingerprint density at radius 3 is 1.41 bits per heavy atom. The molecule has 0 aromatic heterocycles. The third-order valence-electron chi connectivity index (χ3n) is 8.38. The van der Waals surface area contributed by atoms with Gasteiger partial charge in [0.15, 0.2) is 0 Å². The van der Waals surface area contributed by atoms with Crippen molar-refractivity contribution in [2.75, 3.05) is 40.5 Å². The summed E-state index contributed by atoms with van der Waals surface area (Å²) in [5.74, 6) is -0.279. The fourth-order valence-corrected chi connectivity index (χ4v) is 5.37. The molecule has 1 atom stereocenters. The molecule has 0 aliphatic rings. The molecule has 46 heavy (non-hydrogen) atoms. The summed E-state index contributed by atoms with van der Waals surface area (Å²) in [7, 11) is 3.85. The van der Waals surface area contributed by atoms with E-state index in [9.17, 15) is 14.4 Å². The lowest BCUT2D eigenvalue weighted by molar-refractivity contribution is -0.145. The fraction of sp³-hybridized carbons (Fsp3) is 0.921. The van der Waals surface area contributed by atoms with E-state index in [2.05, 4.69) is 13.8 Å². The summed E-state index contributed by atoms with van der Waals surface area (Å²) in [6.07, 6.45) is 26.7. The maximum Gasteiger partial charge on any atom is 0.508 e. The second-order valence-corrected chi connectivity index (χ2v) is 13.2. The average Bonchev–Trinajstić information content (AvgIpc) is 3.02. The second-order valence-electron chi connectivity index (χ2n) is 13.2. The van der Waals surface area contributed by atoms with E-state index in [4.69, 9.17) is 18.9 Å². The number of carbonyl (C=O) groups is 3. The molecule has 0 aromatic carbocycles. The Morgan fingerprint density at radius 1 is 0.478 bits per heavy atom. The molecular weight excluding hydrogens is 582 g/mol. The summed E-state index contributed by atoms with van der Waals surface area (Å²) >= 11 is 0. The van der Waals surface area contributed by atoms with E-state index in [0.29, 0.717) is 32.4 Å². The molecule has 0 rings (SSSR count). The highest BCUT2D eigenvalue weighted by molar-refractivity contribution is 5.69. The molecule has 0 radical (unpaired) electrons. The minimum atomic E-state index is -0.645. The highest BCUT2D eigenvalue weighted by Crippen LogP contribution is 2.16. The second kappa shape index (κ2) is 34.5. The van der Waals surface area contributed by atoms with Crippen molar-refractivity contribution in [3.8, 4) is 0 Å². The minimum absolute atomic E-state index is 0.0753. The van der Waals surface area contributed by atoms with Crippen molar-refractivity contribution in [3.05, 3.63) is 0 Å². The zero-order valence-electron chi connectivity index (χ0n) is 30.6. The normalized spacial score (nSPS) is 11.8. The van der Waals surface area contributed by atoms with E-state index >= 15 is 0 Å². The van der Waals surface area contributed by atoms with Gasteiger partial charge in [0.2, 0.25) is 0 Å². The molecule has 272 valence electrons. The van der Waals surface area contributed by atoms with E-state index in [-0.39, 0.29) is 31.3 Å². The molecule has 0 fully saturated rings. The molecule has 0 heterocycles. The largest absolute Gasteiger partial charge is 0.508 e. The first kappa shape index (κ1) is 44.2. The van der Waals surface area contributed by atoms with Crippen molar-refractivity contribution in [1.82, 2.24) is 4.90 Å². The van der Waals surface area contributed by atoms with Crippen LogP contribution in [0.1, 0.15) is 181 Å². The van der Waals surface area contributed by atoms with Crippen LogP contribution in [0.4, 0.5) is 4.79 Å². The van der Waals surface area contributed by atoms with Crippen molar-refractivity contribution in [1.29, 1.82) is 0 Å². The number of nitrogens with zero attached hydrogens (tertiary/aromatic N) is 1. The summed E-state index contributed by atoms with van der Waals surface area (Å²) in [5.41, 5.74) is 0. The summed E-state index contributed by atoms with van der Waals surface area (Å²) in [4.78, 5) is 38.3. The number of ether oxygens (including phenoxy) is 4. The SMILES string of the molecule is CCCCCCCCCCCCC(CCOC(=O)CCCCCCCOC(=O)CCCCCCCCC)OC(=O)OCCN(C)C. The summed E-state index contributed by atoms with van der Waals surface area (Å²) in [6.45, 7) is 6.13. The topological polar surface area (TPSA) is 91.4 Å². The lowest BCUT2D eigenvalue weighted by Gasteiger charge is -2.18. The van der Waals surface area contributed by atoms with Crippen LogP contribution in [0, 0.1) is 0 Å². The number of hydrogen-bond donors (Lipinski definition) is 0. The number of esters is 2. The minimum Gasteiger partial charge on any atom is -0.466 e. The average molecular weight is 656 g/mol. The van der Waals surface area contributed by atoms with E-state index in [1.54, 1.807) is 0 Å². The number of hydrogen-bond acceptors (Lipinski definition) is 8. The van der Waals surface area contributed by atoms with Crippen LogP contribution in [0.2, 0.25) is 0 Å². The maximum absolute atomic E-state index is 12.3. The smallest absolute Gasteiger partial charge is 0.466 e. The van der Waals surface area contributed by atoms with Crippen molar-refractivity contribution < 1.29 is 33.3 Å². The number of carbonyl (C=O) groups excluding carboxylic acids is 3. The standard InChI is InChI=1S/C38H73NO7/c1-5-7-9-11-13-14-15-17-19-23-27-35(46-38(42)45-34-31-39(3)4)30-33-44-37(41)29-25-21-18-22-26-32-43-36(40)28-24-20-16-12-10-8-6-2/h35H,5-34H2,1-4H3. The highest BCUT2D eigenvalue weighted by Gasteiger charge is 2.17. The predicted octanol–water partition coefficient (Wildman–Crippen LogP) is 10.3. The van der Waals surface area contributed by atoms with E-state index in [1.807, 2.05) is 19.0 Å². The van der Waals surface area contributed by atoms with Crippen LogP contribution in [-0.2, 0) is 28.5 Å². The number of unbranched alkanes of at least 4 members (excludes halogenated alkanes) is 19. The molecule has 8 heteroatoms.